The molecule has 1 N–H and O–H groups in total. The number of hydrogen-bond acceptors (Lipinski definition) is 3. The molecule has 3 rings (SSSR count). The summed E-state index contributed by atoms with van der Waals surface area (Å²) in [5, 5.41) is 9.93. The third kappa shape index (κ3) is 3.42. The number of aliphatic imine (C=N–C) groups is 2. The van der Waals surface area contributed by atoms with Crippen LogP contribution in [-0.4, -0.2) is 17.7 Å². The molecule has 1 aliphatic heterocycles. The van der Waals surface area contributed by atoms with Crippen LogP contribution in [-0.2, 0) is 5.41 Å². The molecule has 0 unspecified atom stereocenters. The lowest BCUT2D eigenvalue weighted by Crippen LogP contribution is -2.19. The zero-order valence-corrected chi connectivity index (χ0v) is 15.2. The molecule has 3 nitrogen and oxygen atoms in total. The minimum absolute atomic E-state index is 0.000208. The number of rotatable bonds is 1. The normalized spacial score (nSPS) is 14.4. The van der Waals surface area contributed by atoms with Gasteiger partial charge in [0.2, 0.25) is 0 Å². The third-order valence-corrected chi connectivity index (χ3v) is 4.08. The van der Waals surface area contributed by atoms with E-state index in [-0.39, 0.29) is 27.6 Å². The predicted octanol–water partition coefficient (Wildman–Crippen LogP) is 6.04. The van der Waals surface area contributed by atoms with E-state index in [0.717, 1.165) is 6.07 Å². The smallest absolute Gasteiger partial charge is 0.158 e. The van der Waals surface area contributed by atoms with Gasteiger partial charge in [-0.15, -0.1) is 0 Å². The van der Waals surface area contributed by atoms with Gasteiger partial charge in [-0.25, -0.2) is 18.8 Å². The van der Waals surface area contributed by atoms with Gasteiger partial charge in [0.15, 0.2) is 5.82 Å². The molecule has 0 bridgehead atoms. The number of phenolic OH excluding ortho intramolecular Hbond substituents is 1. The summed E-state index contributed by atoms with van der Waals surface area (Å²) in [4.78, 5) is 8.00. The maximum atomic E-state index is 15.1. The Kier molecular flexibility index (Phi) is 5.58. The lowest BCUT2D eigenvalue weighted by Gasteiger charge is -2.23. The topological polar surface area (TPSA) is 45.0 Å². The first-order chi connectivity index (χ1) is 11.8. The fraction of sp³-hybridized carbons (Fsp3) is 0.263. The molecule has 1 heterocycles. The van der Waals surface area contributed by atoms with E-state index in [0.29, 0.717) is 5.56 Å². The molecule has 0 fully saturated rings. The van der Waals surface area contributed by atoms with Crippen molar-refractivity contribution in [3.8, 4) is 16.9 Å². The van der Waals surface area contributed by atoms with Crippen LogP contribution in [0.25, 0.3) is 11.1 Å². The van der Waals surface area contributed by atoms with Crippen molar-refractivity contribution in [3.63, 3.8) is 0 Å². The summed E-state index contributed by atoms with van der Waals surface area (Å²) in [6.45, 7) is 7.69. The van der Waals surface area contributed by atoms with E-state index in [2.05, 4.69) is 9.98 Å². The summed E-state index contributed by atoms with van der Waals surface area (Å²) in [5.41, 5.74) is -0.509. The summed E-state index contributed by atoms with van der Waals surface area (Å²) in [5.74, 6) is -1.94. The Labute approximate surface area is 150 Å². The van der Waals surface area contributed by atoms with Crippen molar-refractivity contribution in [1.82, 2.24) is 0 Å². The van der Waals surface area contributed by atoms with E-state index >= 15 is 4.39 Å². The van der Waals surface area contributed by atoms with Gasteiger partial charge in [-0.2, -0.15) is 0 Å². The first kappa shape index (κ1) is 19.1. The highest BCUT2D eigenvalue weighted by atomic mass is 35.5. The number of benzene rings is 2. The molecule has 0 radical (unpaired) electrons. The summed E-state index contributed by atoms with van der Waals surface area (Å²) >= 11 is 6.21. The van der Waals surface area contributed by atoms with Crippen LogP contribution in [0.5, 0.6) is 5.75 Å². The van der Waals surface area contributed by atoms with Crippen molar-refractivity contribution in [1.29, 1.82) is 0 Å². The molecule has 0 saturated heterocycles. The largest absolute Gasteiger partial charge is 0.507 e. The summed E-state index contributed by atoms with van der Waals surface area (Å²) < 4.78 is 29.2. The fourth-order valence-electron chi connectivity index (χ4n) is 2.60. The molecule has 0 atom stereocenters. The number of phenols is 1. The molecular weight excluding hydrogens is 346 g/mol. The van der Waals surface area contributed by atoms with Gasteiger partial charge < -0.3 is 5.11 Å². The van der Waals surface area contributed by atoms with Crippen LogP contribution >= 0.6 is 11.6 Å². The van der Waals surface area contributed by atoms with Gasteiger partial charge in [0.05, 0.1) is 10.6 Å². The van der Waals surface area contributed by atoms with Crippen LogP contribution in [0.2, 0.25) is 5.02 Å². The maximum Gasteiger partial charge on any atom is 0.158 e. The monoisotopic (exact) mass is 364 g/mol. The van der Waals surface area contributed by atoms with E-state index in [1.165, 1.54) is 24.5 Å². The van der Waals surface area contributed by atoms with Gasteiger partial charge >= 0.3 is 0 Å². The van der Waals surface area contributed by atoms with Gasteiger partial charge in [-0.05, 0) is 23.8 Å². The van der Waals surface area contributed by atoms with Crippen molar-refractivity contribution < 1.29 is 13.9 Å². The standard InChI is InChI=1S/C17H13ClF2N2O.C2H6/c1-17(2)7-21-8-22-16-9(17)6-10(18)13(15(16)20)14-11(19)4-3-5-12(14)23;1-2/h3-8,23H,1-2H3;1-2H3. The maximum absolute atomic E-state index is 15.1. The molecule has 1 aliphatic rings. The van der Waals surface area contributed by atoms with Crippen molar-refractivity contribution >= 4 is 29.8 Å². The Morgan fingerprint density at radius 1 is 1.12 bits per heavy atom. The van der Waals surface area contributed by atoms with E-state index in [9.17, 15) is 9.50 Å². The molecule has 0 amide bonds. The molecular formula is C19H19ClF2N2O. The highest BCUT2D eigenvalue weighted by Gasteiger charge is 2.30. The summed E-state index contributed by atoms with van der Waals surface area (Å²) in [6.07, 6.45) is 2.87. The van der Waals surface area contributed by atoms with Gasteiger partial charge in [0.1, 0.15) is 23.6 Å². The Balaban J connectivity index is 0.00000109. The molecule has 0 saturated carbocycles. The average Bonchev–Trinajstić information content (AvgIpc) is 2.71. The first-order valence-electron chi connectivity index (χ1n) is 7.90. The van der Waals surface area contributed by atoms with Crippen LogP contribution in [0.1, 0.15) is 33.3 Å². The number of halogens is 3. The van der Waals surface area contributed by atoms with Crippen molar-refractivity contribution in [2.45, 2.75) is 33.1 Å². The summed E-state index contributed by atoms with van der Waals surface area (Å²) in [7, 11) is 0. The highest BCUT2D eigenvalue weighted by molar-refractivity contribution is 6.33. The second-order valence-electron chi connectivity index (χ2n) is 5.82. The molecule has 0 spiro atoms. The Morgan fingerprint density at radius 3 is 2.44 bits per heavy atom. The van der Waals surface area contributed by atoms with Crippen molar-refractivity contribution in [3.05, 3.63) is 46.5 Å². The molecule has 0 aromatic heterocycles. The predicted molar refractivity (Wildman–Crippen MR) is 99.5 cm³/mol. The third-order valence-electron chi connectivity index (χ3n) is 3.78. The minimum atomic E-state index is -0.789. The fourth-order valence-corrected chi connectivity index (χ4v) is 2.88. The minimum Gasteiger partial charge on any atom is -0.507 e. The van der Waals surface area contributed by atoms with Crippen molar-refractivity contribution in [2.75, 3.05) is 0 Å². The van der Waals surface area contributed by atoms with Gasteiger partial charge in [0.25, 0.3) is 0 Å². The SMILES string of the molecule is CC.CC1(C)C=NC=Nc2c1cc(Cl)c(-c1c(O)cccc1F)c2F. The van der Waals surface area contributed by atoms with Gasteiger partial charge in [-0.3, -0.25) is 0 Å². The zero-order chi connectivity index (χ0) is 18.8. The number of nitrogens with zero attached hydrogens (tertiary/aromatic N) is 2. The number of fused-ring (bicyclic) bond motifs is 1. The molecule has 132 valence electrons. The molecule has 0 aliphatic carbocycles. The quantitative estimate of drug-likeness (QED) is 0.658. The lowest BCUT2D eigenvalue weighted by atomic mass is 9.83. The van der Waals surface area contributed by atoms with Crippen LogP contribution < -0.4 is 0 Å². The van der Waals surface area contributed by atoms with Crippen molar-refractivity contribution in [2.24, 2.45) is 9.98 Å². The Morgan fingerprint density at radius 2 is 1.80 bits per heavy atom. The summed E-state index contributed by atoms with van der Waals surface area (Å²) in [6, 6.07) is 5.28. The average molecular weight is 365 g/mol. The molecule has 2 aromatic rings. The van der Waals surface area contributed by atoms with Crippen LogP contribution in [0.4, 0.5) is 14.5 Å². The highest BCUT2D eigenvalue weighted by Crippen LogP contribution is 2.45. The second-order valence-corrected chi connectivity index (χ2v) is 6.23. The zero-order valence-electron chi connectivity index (χ0n) is 14.4. The van der Waals surface area contributed by atoms with E-state index in [1.807, 2.05) is 27.7 Å². The molecule has 6 heteroatoms. The van der Waals surface area contributed by atoms with E-state index in [1.54, 1.807) is 6.21 Å². The van der Waals surface area contributed by atoms with E-state index < -0.39 is 17.0 Å². The Bertz CT molecular complexity index is 841. The number of aromatic hydroxyl groups is 1. The van der Waals surface area contributed by atoms with Crippen LogP contribution in [0.15, 0.2) is 34.3 Å². The van der Waals surface area contributed by atoms with Crippen LogP contribution in [0.3, 0.4) is 0 Å². The molecule has 25 heavy (non-hydrogen) atoms. The second kappa shape index (κ2) is 7.31. The number of hydrogen-bond donors (Lipinski definition) is 1. The molecule has 2 aromatic carbocycles. The van der Waals surface area contributed by atoms with Gasteiger partial charge in [0, 0.05) is 17.2 Å². The van der Waals surface area contributed by atoms with E-state index in [4.69, 9.17) is 11.6 Å². The van der Waals surface area contributed by atoms with Gasteiger partial charge in [-0.1, -0.05) is 45.4 Å². The lowest BCUT2D eigenvalue weighted by molar-refractivity contribution is 0.471. The first-order valence-corrected chi connectivity index (χ1v) is 8.28. The van der Waals surface area contributed by atoms with Crippen LogP contribution in [0, 0.1) is 11.6 Å². The Hall–Kier alpha value is -2.27.